The fourth-order valence-corrected chi connectivity index (χ4v) is 3.93. The Hall–Kier alpha value is -0.870. The Balaban J connectivity index is 2.02. The minimum Gasteiger partial charge on any atom is -0.324 e. The number of halogens is 1. The number of piperidine rings is 1. The molecule has 1 amide bonds. The van der Waals surface area contributed by atoms with Gasteiger partial charge in [-0.25, -0.2) is 0 Å². The summed E-state index contributed by atoms with van der Waals surface area (Å²) < 4.78 is 0.943. The van der Waals surface area contributed by atoms with Gasteiger partial charge in [-0.15, -0.1) is 0 Å². The summed E-state index contributed by atoms with van der Waals surface area (Å²) in [5, 5.41) is 3.06. The molecule has 3 nitrogen and oxygen atoms in total. The number of amides is 1. The zero-order chi connectivity index (χ0) is 15.6. The van der Waals surface area contributed by atoms with Crippen molar-refractivity contribution in [2.75, 3.05) is 18.4 Å². The zero-order valence-corrected chi connectivity index (χ0v) is 15.0. The Morgan fingerprint density at radius 1 is 1.33 bits per heavy atom. The number of aryl methyl sites for hydroxylation is 1. The van der Waals surface area contributed by atoms with Crippen molar-refractivity contribution in [2.24, 2.45) is 11.8 Å². The highest BCUT2D eigenvalue weighted by Gasteiger charge is 2.32. The normalized spacial score (nSPS) is 27.2. The first-order chi connectivity index (χ1) is 9.86. The van der Waals surface area contributed by atoms with Crippen molar-refractivity contribution in [3.63, 3.8) is 0 Å². The first-order valence-electron chi connectivity index (χ1n) is 7.78. The average Bonchev–Trinajstić information content (AvgIpc) is 2.40. The third-order valence-corrected chi connectivity index (χ3v) is 5.07. The van der Waals surface area contributed by atoms with Crippen molar-refractivity contribution in [1.29, 1.82) is 0 Å². The van der Waals surface area contributed by atoms with Gasteiger partial charge in [0.05, 0.1) is 18.8 Å². The van der Waals surface area contributed by atoms with Crippen LogP contribution in [-0.4, -0.2) is 25.0 Å². The van der Waals surface area contributed by atoms with Gasteiger partial charge in [0.1, 0.15) is 0 Å². The van der Waals surface area contributed by atoms with Gasteiger partial charge in [-0.1, -0.05) is 19.9 Å². The first kappa shape index (κ1) is 16.5. The van der Waals surface area contributed by atoms with E-state index in [1.165, 1.54) is 16.9 Å². The van der Waals surface area contributed by atoms with Crippen LogP contribution in [0.4, 0.5) is 5.69 Å². The van der Waals surface area contributed by atoms with Crippen molar-refractivity contribution < 1.29 is 9.69 Å². The van der Waals surface area contributed by atoms with Crippen LogP contribution in [0.1, 0.15) is 32.8 Å². The van der Waals surface area contributed by atoms with E-state index >= 15 is 0 Å². The van der Waals surface area contributed by atoms with E-state index in [2.05, 4.69) is 35.1 Å². The minimum absolute atomic E-state index is 0.0107. The topological polar surface area (TPSA) is 33.5 Å². The zero-order valence-electron chi connectivity index (χ0n) is 13.4. The Morgan fingerprint density at radius 2 is 1.95 bits per heavy atom. The Kier molecular flexibility index (Phi) is 5.44. The molecule has 1 aromatic rings. The van der Waals surface area contributed by atoms with Gasteiger partial charge in [-0.3, -0.25) is 4.79 Å². The number of rotatable bonds is 3. The monoisotopic (exact) mass is 353 g/mol. The molecule has 0 unspecified atom stereocenters. The van der Waals surface area contributed by atoms with Crippen molar-refractivity contribution in [1.82, 2.24) is 0 Å². The second kappa shape index (κ2) is 6.93. The number of benzene rings is 1. The molecule has 0 aliphatic carbocycles. The van der Waals surface area contributed by atoms with E-state index in [0.717, 1.165) is 23.2 Å². The third-order valence-electron chi connectivity index (χ3n) is 4.41. The summed E-state index contributed by atoms with van der Waals surface area (Å²) in [5.41, 5.74) is 2.03. The molecule has 1 heterocycles. The number of carbonyl (C=O) groups excluding carboxylic acids is 1. The van der Waals surface area contributed by atoms with Gasteiger partial charge in [0, 0.05) is 16.3 Å². The Morgan fingerprint density at radius 3 is 2.52 bits per heavy atom. The van der Waals surface area contributed by atoms with Crippen LogP contribution in [0.3, 0.4) is 0 Å². The molecule has 0 bridgehead atoms. The summed E-state index contributed by atoms with van der Waals surface area (Å²) in [6, 6.07) is 5.99. The van der Waals surface area contributed by atoms with Crippen molar-refractivity contribution in [3.05, 3.63) is 28.2 Å². The van der Waals surface area contributed by atoms with Gasteiger partial charge in [-0.2, -0.15) is 0 Å². The van der Waals surface area contributed by atoms with Gasteiger partial charge in [0.15, 0.2) is 6.04 Å². The van der Waals surface area contributed by atoms with Crippen LogP contribution in [0.2, 0.25) is 0 Å². The molecule has 0 spiro atoms. The van der Waals surface area contributed by atoms with Gasteiger partial charge in [-0.05, 0) is 53.9 Å². The largest absolute Gasteiger partial charge is 0.324 e. The molecule has 116 valence electrons. The van der Waals surface area contributed by atoms with Gasteiger partial charge in [0.2, 0.25) is 0 Å². The predicted octanol–water partition coefficient (Wildman–Crippen LogP) is 2.65. The first-order valence-corrected chi connectivity index (χ1v) is 8.57. The lowest BCUT2D eigenvalue weighted by Crippen LogP contribution is -3.18. The van der Waals surface area contributed by atoms with Crippen molar-refractivity contribution in [3.8, 4) is 0 Å². The van der Waals surface area contributed by atoms with Gasteiger partial charge >= 0.3 is 0 Å². The summed E-state index contributed by atoms with van der Waals surface area (Å²) >= 11 is 3.52. The van der Waals surface area contributed by atoms with E-state index in [-0.39, 0.29) is 11.9 Å². The maximum absolute atomic E-state index is 12.5. The molecule has 0 radical (unpaired) electrons. The number of anilines is 1. The number of hydrogen-bond donors (Lipinski definition) is 2. The van der Waals surface area contributed by atoms with Crippen LogP contribution in [0.25, 0.3) is 0 Å². The minimum atomic E-state index is -0.0107. The predicted molar refractivity (Wildman–Crippen MR) is 90.6 cm³/mol. The van der Waals surface area contributed by atoms with Crippen LogP contribution in [0.5, 0.6) is 0 Å². The van der Waals surface area contributed by atoms with E-state index in [9.17, 15) is 4.79 Å². The quantitative estimate of drug-likeness (QED) is 0.860. The highest BCUT2D eigenvalue weighted by atomic mass is 79.9. The molecule has 1 aliphatic rings. The Labute approximate surface area is 136 Å². The molecule has 2 rings (SSSR count). The fourth-order valence-electron chi connectivity index (χ4n) is 3.33. The molecule has 1 fully saturated rings. The lowest BCUT2D eigenvalue weighted by Gasteiger charge is -2.35. The van der Waals surface area contributed by atoms with Gasteiger partial charge < -0.3 is 10.2 Å². The van der Waals surface area contributed by atoms with E-state index in [1.54, 1.807) is 0 Å². The fraction of sp³-hybridized carbons (Fsp3) is 0.588. The summed E-state index contributed by atoms with van der Waals surface area (Å²) in [6.45, 7) is 10.8. The SMILES string of the molecule is Cc1ccc(NC(=O)[C@@H](C)[NH+]2C[C@@H](C)C[C@H](C)C2)c(Br)c1. The molecule has 21 heavy (non-hydrogen) atoms. The second-order valence-corrected chi connectivity index (χ2v) is 7.56. The molecule has 1 saturated heterocycles. The van der Waals surface area contributed by atoms with Crippen LogP contribution in [0.15, 0.2) is 22.7 Å². The number of quaternary nitrogens is 1. The van der Waals surface area contributed by atoms with Crippen molar-refractivity contribution in [2.45, 2.75) is 40.2 Å². The molecule has 0 aromatic heterocycles. The number of nitrogens with one attached hydrogen (secondary N) is 2. The van der Waals surface area contributed by atoms with E-state index in [1.807, 2.05) is 32.0 Å². The highest BCUT2D eigenvalue weighted by Crippen LogP contribution is 2.23. The molecule has 3 atom stereocenters. The van der Waals surface area contributed by atoms with Crippen molar-refractivity contribution >= 4 is 27.5 Å². The maximum atomic E-state index is 12.5. The van der Waals surface area contributed by atoms with E-state index in [4.69, 9.17) is 0 Å². The summed E-state index contributed by atoms with van der Waals surface area (Å²) in [5.74, 6) is 1.51. The lowest BCUT2D eigenvalue weighted by atomic mass is 9.91. The molecule has 1 aliphatic heterocycles. The summed E-state index contributed by atoms with van der Waals surface area (Å²) in [6.07, 6.45) is 1.28. The van der Waals surface area contributed by atoms with Crippen LogP contribution in [0, 0.1) is 18.8 Å². The standard InChI is InChI=1S/C17H25BrN2O/c1-11-5-6-16(15(18)8-11)19-17(21)14(4)20-9-12(2)7-13(3)10-20/h5-6,8,12-14H,7,9-10H2,1-4H3,(H,19,21)/p+1/t12-,13-,14+/m0/s1. The summed E-state index contributed by atoms with van der Waals surface area (Å²) in [4.78, 5) is 13.9. The molecular formula is C17H26BrN2O+. The van der Waals surface area contributed by atoms with E-state index in [0.29, 0.717) is 11.8 Å². The molecular weight excluding hydrogens is 328 g/mol. The van der Waals surface area contributed by atoms with E-state index < -0.39 is 0 Å². The third kappa shape index (κ3) is 4.30. The van der Waals surface area contributed by atoms with Crippen LogP contribution in [-0.2, 0) is 4.79 Å². The van der Waals surface area contributed by atoms with Crippen LogP contribution >= 0.6 is 15.9 Å². The van der Waals surface area contributed by atoms with Gasteiger partial charge in [0.25, 0.3) is 5.91 Å². The lowest BCUT2D eigenvalue weighted by molar-refractivity contribution is -0.925. The highest BCUT2D eigenvalue weighted by molar-refractivity contribution is 9.10. The molecule has 2 N–H and O–H groups in total. The van der Waals surface area contributed by atoms with Crippen LogP contribution < -0.4 is 10.2 Å². The maximum Gasteiger partial charge on any atom is 0.282 e. The smallest absolute Gasteiger partial charge is 0.282 e. The molecule has 1 aromatic carbocycles. The number of hydrogen-bond acceptors (Lipinski definition) is 1. The second-order valence-electron chi connectivity index (χ2n) is 6.71. The summed E-state index contributed by atoms with van der Waals surface area (Å²) in [7, 11) is 0. The number of carbonyl (C=O) groups is 1. The average molecular weight is 354 g/mol. The number of likely N-dealkylation sites (tertiary alicyclic amines) is 1. The Bertz CT molecular complexity index is 508. The molecule has 0 saturated carbocycles. The molecule has 4 heteroatoms.